The maximum absolute atomic E-state index is 12.7. The van der Waals surface area contributed by atoms with Crippen LogP contribution in [-0.4, -0.2) is 41.4 Å². The molecule has 1 aliphatic heterocycles. The Labute approximate surface area is 150 Å². The minimum Gasteiger partial charge on any atom is -0.478 e. The lowest BCUT2D eigenvalue weighted by Gasteiger charge is -2.19. The lowest BCUT2D eigenvalue weighted by molar-refractivity contribution is -0.117. The molecular formula is C19H20N2O5. The van der Waals surface area contributed by atoms with Crippen molar-refractivity contribution in [2.75, 3.05) is 18.5 Å². The van der Waals surface area contributed by atoms with E-state index < -0.39 is 5.97 Å². The first-order chi connectivity index (χ1) is 12.4. The second-order valence-electron chi connectivity index (χ2n) is 6.35. The molecule has 1 aliphatic rings. The van der Waals surface area contributed by atoms with E-state index in [2.05, 4.69) is 0 Å². The van der Waals surface area contributed by atoms with Gasteiger partial charge in [-0.25, -0.2) is 4.79 Å². The molecule has 0 spiro atoms. The fraction of sp³-hybridized carbons (Fsp3) is 0.316. The maximum atomic E-state index is 12.7. The lowest BCUT2D eigenvalue weighted by atomic mass is 10.1. The van der Waals surface area contributed by atoms with Gasteiger partial charge >= 0.3 is 5.97 Å². The predicted octanol–water partition coefficient (Wildman–Crippen LogP) is 2.69. The van der Waals surface area contributed by atoms with E-state index >= 15 is 0 Å². The minimum absolute atomic E-state index is 0.0650. The van der Waals surface area contributed by atoms with Gasteiger partial charge in [-0.05, 0) is 37.6 Å². The molecule has 7 nitrogen and oxygen atoms in total. The normalized spacial score (nSPS) is 13.9. The smallest absolute Gasteiger partial charge is 0.339 e. The Balaban J connectivity index is 1.75. The van der Waals surface area contributed by atoms with Crippen molar-refractivity contribution in [2.45, 2.75) is 26.3 Å². The molecule has 136 valence electrons. The molecule has 26 heavy (non-hydrogen) atoms. The summed E-state index contributed by atoms with van der Waals surface area (Å²) in [6.07, 6.45) is 1.35. The zero-order chi connectivity index (χ0) is 18.8. The number of furan rings is 1. The topological polar surface area (TPSA) is 91.1 Å². The van der Waals surface area contributed by atoms with Crippen LogP contribution in [0.25, 0.3) is 0 Å². The summed E-state index contributed by atoms with van der Waals surface area (Å²) >= 11 is 0. The van der Waals surface area contributed by atoms with Crippen molar-refractivity contribution in [1.29, 1.82) is 0 Å². The van der Waals surface area contributed by atoms with Crippen LogP contribution in [-0.2, 0) is 11.3 Å². The van der Waals surface area contributed by atoms with Crippen molar-refractivity contribution < 1.29 is 23.9 Å². The van der Waals surface area contributed by atoms with Crippen LogP contribution in [0.2, 0.25) is 0 Å². The monoisotopic (exact) mass is 356 g/mol. The van der Waals surface area contributed by atoms with Gasteiger partial charge in [0.05, 0.1) is 6.54 Å². The van der Waals surface area contributed by atoms with E-state index in [1.165, 1.54) is 11.0 Å². The Bertz CT molecular complexity index is 871. The molecule has 0 aliphatic carbocycles. The third kappa shape index (κ3) is 3.46. The highest BCUT2D eigenvalue weighted by atomic mass is 16.4. The predicted molar refractivity (Wildman–Crippen MR) is 94.2 cm³/mol. The lowest BCUT2D eigenvalue weighted by Crippen LogP contribution is -2.27. The van der Waals surface area contributed by atoms with Crippen LogP contribution < -0.4 is 4.90 Å². The van der Waals surface area contributed by atoms with Crippen molar-refractivity contribution in [3.8, 4) is 0 Å². The Hall–Kier alpha value is -3.09. The number of anilines is 1. The fourth-order valence-corrected chi connectivity index (χ4v) is 3.09. The molecule has 1 saturated heterocycles. The van der Waals surface area contributed by atoms with Crippen LogP contribution >= 0.6 is 0 Å². The number of carbonyl (C=O) groups excluding carboxylic acids is 2. The van der Waals surface area contributed by atoms with Crippen molar-refractivity contribution in [2.24, 2.45) is 0 Å². The Morgan fingerprint density at radius 3 is 2.69 bits per heavy atom. The highest BCUT2D eigenvalue weighted by Gasteiger charge is 2.23. The zero-order valence-corrected chi connectivity index (χ0v) is 14.7. The van der Waals surface area contributed by atoms with Gasteiger partial charge in [-0.1, -0.05) is 6.07 Å². The summed E-state index contributed by atoms with van der Waals surface area (Å²) in [6, 6.07) is 8.40. The molecule has 7 heteroatoms. The van der Waals surface area contributed by atoms with E-state index in [9.17, 15) is 14.4 Å². The largest absolute Gasteiger partial charge is 0.478 e. The van der Waals surface area contributed by atoms with Gasteiger partial charge in [0, 0.05) is 31.3 Å². The van der Waals surface area contributed by atoms with Gasteiger partial charge < -0.3 is 19.3 Å². The summed E-state index contributed by atoms with van der Waals surface area (Å²) in [6.45, 7) is 2.39. The summed E-state index contributed by atoms with van der Waals surface area (Å²) in [4.78, 5) is 38.8. The highest BCUT2D eigenvalue weighted by molar-refractivity contribution is 5.99. The quantitative estimate of drug-likeness (QED) is 0.889. The van der Waals surface area contributed by atoms with Crippen LogP contribution in [0.1, 0.15) is 45.1 Å². The van der Waals surface area contributed by atoms with Crippen LogP contribution in [0.5, 0.6) is 0 Å². The molecule has 1 N–H and O–H groups in total. The molecule has 0 unspecified atom stereocenters. The molecule has 0 atom stereocenters. The third-order valence-electron chi connectivity index (χ3n) is 4.42. The molecule has 0 radical (unpaired) electrons. The van der Waals surface area contributed by atoms with Gasteiger partial charge in [-0.15, -0.1) is 0 Å². The molecule has 3 rings (SSSR count). The first-order valence-electron chi connectivity index (χ1n) is 8.35. The average Bonchev–Trinajstić information content (AvgIpc) is 3.19. The number of hydrogen-bond acceptors (Lipinski definition) is 4. The molecule has 1 aromatic heterocycles. The number of aryl methyl sites for hydroxylation is 1. The number of hydrogen-bond donors (Lipinski definition) is 1. The molecule has 2 heterocycles. The number of carboxylic acids is 1. The molecular weight excluding hydrogens is 336 g/mol. The maximum Gasteiger partial charge on any atom is 0.339 e. The van der Waals surface area contributed by atoms with E-state index in [1.807, 2.05) is 6.07 Å². The average molecular weight is 356 g/mol. The number of rotatable bonds is 5. The number of carbonyl (C=O) groups is 3. The molecule has 2 amide bonds. The van der Waals surface area contributed by atoms with E-state index in [1.54, 1.807) is 37.1 Å². The van der Waals surface area contributed by atoms with Crippen LogP contribution in [0.3, 0.4) is 0 Å². The van der Waals surface area contributed by atoms with E-state index in [0.29, 0.717) is 35.7 Å². The van der Waals surface area contributed by atoms with Gasteiger partial charge in [0.2, 0.25) is 5.91 Å². The second kappa shape index (κ2) is 7.03. The van der Waals surface area contributed by atoms with Crippen molar-refractivity contribution >= 4 is 23.5 Å². The number of benzene rings is 1. The molecule has 0 saturated carbocycles. The van der Waals surface area contributed by atoms with E-state index in [-0.39, 0.29) is 23.9 Å². The van der Waals surface area contributed by atoms with Crippen molar-refractivity contribution in [3.63, 3.8) is 0 Å². The summed E-state index contributed by atoms with van der Waals surface area (Å²) in [5.74, 6) is -0.515. The second-order valence-corrected chi connectivity index (χ2v) is 6.35. The molecule has 0 bridgehead atoms. The first-order valence-corrected chi connectivity index (χ1v) is 8.35. The zero-order valence-electron chi connectivity index (χ0n) is 14.7. The highest BCUT2D eigenvalue weighted by Crippen LogP contribution is 2.23. The molecule has 2 aromatic rings. The summed E-state index contributed by atoms with van der Waals surface area (Å²) < 4.78 is 5.42. The summed E-state index contributed by atoms with van der Waals surface area (Å²) in [7, 11) is 1.62. The van der Waals surface area contributed by atoms with Gasteiger partial charge in [0.1, 0.15) is 17.1 Å². The SMILES string of the molecule is Cc1oc(CN(C)C(=O)c2cccc(N3CCCC3=O)c2)cc1C(=O)O. The van der Waals surface area contributed by atoms with Gasteiger partial charge in [0.25, 0.3) is 5.91 Å². The standard InChI is InChI=1S/C19H20N2O5/c1-12-16(19(24)25)10-15(26-12)11-20(2)18(23)13-5-3-6-14(9-13)21-8-4-7-17(21)22/h3,5-6,9-10H,4,7-8,11H2,1-2H3,(H,24,25). The Kier molecular flexibility index (Phi) is 4.79. The first kappa shape index (κ1) is 17.7. The summed E-state index contributed by atoms with van der Waals surface area (Å²) in [5.41, 5.74) is 1.27. The fourth-order valence-electron chi connectivity index (χ4n) is 3.09. The molecule has 1 fully saturated rings. The Morgan fingerprint density at radius 2 is 2.08 bits per heavy atom. The number of amides is 2. The Morgan fingerprint density at radius 1 is 1.31 bits per heavy atom. The number of nitrogens with zero attached hydrogens (tertiary/aromatic N) is 2. The third-order valence-corrected chi connectivity index (χ3v) is 4.42. The minimum atomic E-state index is -1.06. The number of aromatic carboxylic acids is 1. The van der Waals surface area contributed by atoms with Crippen LogP contribution in [0, 0.1) is 6.92 Å². The van der Waals surface area contributed by atoms with Gasteiger partial charge in [-0.3, -0.25) is 9.59 Å². The van der Waals surface area contributed by atoms with E-state index in [0.717, 1.165) is 6.42 Å². The van der Waals surface area contributed by atoms with Crippen LogP contribution in [0.4, 0.5) is 5.69 Å². The van der Waals surface area contributed by atoms with Gasteiger partial charge in [-0.2, -0.15) is 0 Å². The number of carboxylic acid groups (broad SMARTS) is 1. The van der Waals surface area contributed by atoms with Crippen molar-refractivity contribution in [3.05, 3.63) is 53.0 Å². The van der Waals surface area contributed by atoms with Crippen molar-refractivity contribution in [1.82, 2.24) is 4.90 Å². The summed E-state index contributed by atoms with van der Waals surface area (Å²) in [5, 5.41) is 9.08. The van der Waals surface area contributed by atoms with Gasteiger partial charge in [0.15, 0.2) is 0 Å². The van der Waals surface area contributed by atoms with Crippen LogP contribution in [0.15, 0.2) is 34.7 Å². The molecule has 1 aromatic carbocycles. The van der Waals surface area contributed by atoms with E-state index in [4.69, 9.17) is 9.52 Å².